The fourth-order valence-corrected chi connectivity index (χ4v) is 3.33. The van der Waals surface area contributed by atoms with Gasteiger partial charge >= 0.3 is 0 Å². The Morgan fingerprint density at radius 1 is 1.15 bits per heavy atom. The highest BCUT2D eigenvalue weighted by Crippen LogP contribution is 2.16. The van der Waals surface area contributed by atoms with Crippen LogP contribution < -0.4 is 10.6 Å². The van der Waals surface area contributed by atoms with E-state index in [1.807, 2.05) is 11.3 Å². The molecule has 0 fully saturated rings. The van der Waals surface area contributed by atoms with Crippen LogP contribution in [-0.4, -0.2) is 12.5 Å². The first-order valence-corrected chi connectivity index (χ1v) is 8.68. The third-order valence-electron chi connectivity index (χ3n) is 2.84. The number of nitrogens with one attached hydrogen (secondary N) is 2. The standard InChI is InChI=1S/C15H21N3S2/c1-3-13-5-6-14(20-13)10-18-15(16-4-2)17-9-12-7-8-19-11-12/h5-8,11H,3-4,9-10H2,1-2H3,(H2,16,17,18). The van der Waals surface area contributed by atoms with Crippen LogP contribution in [0.2, 0.25) is 0 Å². The summed E-state index contributed by atoms with van der Waals surface area (Å²) in [5.41, 5.74) is 1.26. The minimum absolute atomic E-state index is 0.726. The molecule has 0 aliphatic heterocycles. The maximum Gasteiger partial charge on any atom is 0.191 e. The SMILES string of the molecule is CCNC(=NCc1ccsc1)NCc1ccc(CC)s1. The Hall–Kier alpha value is -1.33. The van der Waals surface area contributed by atoms with Gasteiger partial charge in [-0.3, -0.25) is 0 Å². The summed E-state index contributed by atoms with van der Waals surface area (Å²) in [6.45, 7) is 6.71. The van der Waals surface area contributed by atoms with Crippen LogP contribution in [0.1, 0.15) is 29.2 Å². The molecule has 20 heavy (non-hydrogen) atoms. The van der Waals surface area contributed by atoms with Crippen LogP contribution in [0.15, 0.2) is 34.0 Å². The second kappa shape index (κ2) is 8.07. The summed E-state index contributed by atoms with van der Waals surface area (Å²) in [6, 6.07) is 6.51. The number of nitrogens with zero attached hydrogens (tertiary/aromatic N) is 1. The first-order valence-electron chi connectivity index (χ1n) is 6.92. The van der Waals surface area contributed by atoms with Gasteiger partial charge in [0.05, 0.1) is 13.1 Å². The average molecular weight is 307 g/mol. The van der Waals surface area contributed by atoms with E-state index in [2.05, 4.69) is 58.4 Å². The van der Waals surface area contributed by atoms with Crippen molar-refractivity contribution in [2.75, 3.05) is 6.54 Å². The first kappa shape index (κ1) is 15.1. The number of rotatable bonds is 6. The lowest BCUT2D eigenvalue weighted by molar-refractivity contribution is 0.824. The van der Waals surface area contributed by atoms with Gasteiger partial charge in [0.1, 0.15) is 0 Å². The normalized spacial score (nSPS) is 11.6. The van der Waals surface area contributed by atoms with Crippen molar-refractivity contribution in [2.24, 2.45) is 4.99 Å². The predicted molar refractivity (Wildman–Crippen MR) is 89.7 cm³/mol. The highest BCUT2D eigenvalue weighted by atomic mass is 32.1. The van der Waals surface area contributed by atoms with E-state index < -0.39 is 0 Å². The number of aryl methyl sites for hydroxylation is 1. The van der Waals surface area contributed by atoms with E-state index >= 15 is 0 Å². The number of thiophene rings is 2. The molecule has 0 radical (unpaired) electrons. The minimum Gasteiger partial charge on any atom is -0.357 e. The fourth-order valence-electron chi connectivity index (χ4n) is 1.77. The van der Waals surface area contributed by atoms with E-state index in [1.165, 1.54) is 15.3 Å². The molecular formula is C15H21N3S2. The number of hydrogen-bond donors (Lipinski definition) is 2. The third kappa shape index (κ3) is 4.65. The Morgan fingerprint density at radius 2 is 2.00 bits per heavy atom. The molecular weight excluding hydrogens is 286 g/mol. The van der Waals surface area contributed by atoms with Crippen molar-refractivity contribution >= 4 is 28.6 Å². The van der Waals surface area contributed by atoms with Gasteiger partial charge in [0.2, 0.25) is 0 Å². The maximum absolute atomic E-state index is 4.60. The number of aliphatic imine (C=N–C) groups is 1. The summed E-state index contributed by atoms with van der Waals surface area (Å²) in [6.07, 6.45) is 1.11. The van der Waals surface area contributed by atoms with Crippen LogP contribution in [0.3, 0.4) is 0 Å². The topological polar surface area (TPSA) is 36.4 Å². The van der Waals surface area contributed by atoms with Gasteiger partial charge in [0.15, 0.2) is 5.96 Å². The van der Waals surface area contributed by atoms with Crippen molar-refractivity contribution < 1.29 is 0 Å². The van der Waals surface area contributed by atoms with Crippen LogP contribution in [0.4, 0.5) is 0 Å². The van der Waals surface area contributed by atoms with Gasteiger partial charge in [0, 0.05) is 16.3 Å². The zero-order valence-corrected chi connectivity index (χ0v) is 13.6. The summed E-state index contributed by atoms with van der Waals surface area (Å²) in [7, 11) is 0. The van der Waals surface area contributed by atoms with Crippen molar-refractivity contribution in [3.05, 3.63) is 44.3 Å². The molecule has 5 heteroatoms. The molecule has 0 atom stereocenters. The maximum atomic E-state index is 4.60. The molecule has 0 spiro atoms. The van der Waals surface area contributed by atoms with Gasteiger partial charge < -0.3 is 10.6 Å². The van der Waals surface area contributed by atoms with E-state index in [4.69, 9.17) is 0 Å². The summed E-state index contributed by atoms with van der Waals surface area (Å²) in [4.78, 5) is 7.39. The van der Waals surface area contributed by atoms with Gasteiger partial charge in [-0.1, -0.05) is 6.92 Å². The van der Waals surface area contributed by atoms with Crippen molar-refractivity contribution in [1.29, 1.82) is 0 Å². The molecule has 0 aliphatic carbocycles. The number of hydrogen-bond acceptors (Lipinski definition) is 3. The highest BCUT2D eigenvalue weighted by Gasteiger charge is 2.01. The molecule has 108 valence electrons. The molecule has 0 bridgehead atoms. The Morgan fingerprint density at radius 3 is 2.65 bits per heavy atom. The van der Waals surface area contributed by atoms with Gasteiger partial charge in [-0.15, -0.1) is 11.3 Å². The largest absolute Gasteiger partial charge is 0.357 e. The number of guanidine groups is 1. The summed E-state index contributed by atoms with van der Waals surface area (Å²) < 4.78 is 0. The average Bonchev–Trinajstić information content (AvgIpc) is 3.13. The molecule has 0 saturated heterocycles. The Bertz CT molecular complexity index is 529. The molecule has 2 aromatic rings. The summed E-state index contributed by atoms with van der Waals surface area (Å²) in [5, 5.41) is 10.9. The summed E-state index contributed by atoms with van der Waals surface area (Å²) in [5.74, 6) is 0.880. The Balaban J connectivity index is 1.89. The predicted octanol–water partition coefficient (Wildman–Crippen LogP) is 3.63. The second-order valence-electron chi connectivity index (χ2n) is 4.40. The lowest BCUT2D eigenvalue weighted by Gasteiger charge is -2.10. The van der Waals surface area contributed by atoms with Crippen LogP contribution in [0, 0.1) is 0 Å². The zero-order valence-electron chi connectivity index (χ0n) is 12.0. The Labute approximate surface area is 128 Å². The van der Waals surface area contributed by atoms with Crippen molar-refractivity contribution in [3.8, 4) is 0 Å². The molecule has 2 aromatic heterocycles. The van der Waals surface area contributed by atoms with E-state index in [1.54, 1.807) is 11.3 Å². The molecule has 0 amide bonds. The van der Waals surface area contributed by atoms with Crippen molar-refractivity contribution in [3.63, 3.8) is 0 Å². The summed E-state index contributed by atoms with van der Waals surface area (Å²) >= 11 is 3.58. The van der Waals surface area contributed by atoms with Gasteiger partial charge in [-0.05, 0) is 47.9 Å². The van der Waals surface area contributed by atoms with E-state index in [-0.39, 0.29) is 0 Å². The van der Waals surface area contributed by atoms with E-state index in [0.717, 1.165) is 32.0 Å². The van der Waals surface area contributed by atoms with Crippen LogP contribution in [-0.2, 0) is 19.5 Å². The minimum atomic E-state index is 0.726. The fraction of sp³-hybridized carbons (Fsp3) is 0.400. The third-order valence-corrected chi connectivity index (χ3v) is 4.80. The lowest BCUT2D eigenvalue weighted by Crippen LogP contribution is -2.36. The second-order valence-corrected chi connectivity index (χ2v) is 6.43. The molecule has 0 aliphatic rings. The quantitative estimate of drug-likeness (QED) is 0.631. The monoisotopic (exact) mass is 307 g/mol. The molecule has 2 heterocycles. The molecule has 3 nitrogen and oxygen atoms in total. The van der Waals surface area contributed by atoms with Crippen molar-refractivity contribution in [1.82, 2.24) is 10.6 Å². The van der Waals surface area contributed by atoms with E-state index in [0.29, 0.717) is 0 Å². The van der Waals surface area contributed by atoms with Crippen LogP contribution in [0.5, 0.6) is 0 Å². The van der Waals surface area contributed by atoms with Crippen LogP contribution in [0.25, 0.3) is 0 Å². The smallest absolute Gasteiger partial charge is 0.191 e. The van der Waals surface area contributed by atoms with Gasteiger partial charge in [-0.2, -0.15) is 11.3 Å². The van der Waals surface area contributed by atoms with Gasteiger partial charge in [0.25, 0.3) is 0 Å². The first-order chi connectivity index (χ1) is 9.81. The molecule has 0 saturated carbocycles. The molecule has 2 rings (SSSR count). The van der Waals surface area contributed by atoms with Crippen molar-refractivity contribution in [2.45, 2.75) is 33.4 Å². The molecule has 2 N–H and O–H groups in total. The van der Waals surface area contributed by atoms with E-state index in [9.17, 15) is 0 Å². The molecule has 0 aromatic carbocycles. The highest BCUT2D eigenvalue weighted by molar-refractivity contribution is 7.12. The molecule has 0 unspecified atom stereocenters. The Kier molecular flexibility index (Phi) is 6.08. The lowest BCUT2D eigenvalue weighted by atomic mass is 10.3. The zero-order chi connectivity index (χ0) is 14.2. The van der Waals surface area contributed by atoms with Gasteiger partial charge in [-0.25, -0.2) is 4.99 Å². The van der Waals surface area contributed by atoms with Crippen LogP contribution >= 0.6 is 22.7 Å².